The fourth-order valence-corrected chi connectivity index (χ4v) is 2.44. The first-order valence-corrected chi connectivity index (χ1v) is 7.76. The van der Waals surface area contributed by atoms with E-state index in [1.807, 2.05) is 18.2 Å². The van der Waals surface area contributed by atoms with Gasteiger partial charge in [0, 0.05) is 24.5 Å². The third-order valence-electron chi connectivity index (χ3n) is 3.44. The van der Waals surface area contributed by atoms with Crippen LogP contribution < -0.4 is 10.2 Å². The summed E-state index contributed by atoms with van der Waals surface area (Å²) in [6.45, 7) is 6.50. The number of carbonyl (C=O) groups excluding carboxylic acids is 2. The lowest BCUT2D eigenvalue weighted by molar-refractivity contribution is 0.181. The number of hydrogen-bond donors (Lipinski definition) is 1. The second-order valence-corrected chi connectivity index (χ2v) is 5.23. The molecule has 1 aromatic rings. The van der Waals surface area contributed by atoms with Gasteiger partial charge in [0.25, 0.3) is 0 Å². The molecule has 6 heteroatoms. The molecule has 3 amide bonds. The zero-order valence-corrected chi connectivity index (χ0v) is 13.2. The van der Waals surface area contributed by atoms with Crippen molar-refractivity contribution in [3.05, 3.63) is 24.3 Å². The molecular formula is C16H23N3O3. The van der Waals surface area contributed by atoms with Gasteiger partial charge in [-0.25, -0.2) is 9.59 Å². The zero-order chi connectivity index (χ0) is 15.9. The Morgan fingerprint density at radius 1 is 1.32 bits per heavy atom. The molecule has 6 nitrogen and oxygen atoms in total. The van der Waals surface area contributed by atoms with Gasteiger partial charge in [-0.15, -0.1) is 0 Å². The van der Waals surface area contributed by atoms with Crippen molar-refractivity contribution >= 4 is 23.5 Å². The van der Waals surface area contributed by atoms with E-state index in [-0.39, 0.29) is 12.1 Å². The molecule has 2 rings (SSSR count). The molecule has 120 valence electrons. The Kier molecular flexibility index (Phi) is 5.63. The predicted octanol–water partition coefficient (Wildman–Crippen LogP) is 3.30. The lowest BCUT2D eigenvalue weighted by atomic mass is 10.2. The van der Waals surface area contributed by atoms with Gasteiger partial charge in [-0.05, 0) is 31.0 Å². The summed E-state index contributed by atoms with van der Waals surface area (Å²) in [5.41, 5.74) is 1.41. The number of nitrogens with one attached hydrogen (secondary N) is 1. The first-order valence-electron chi connectivity index (χ1n) is 7.76. The molecule has 22 heavy (non-hydrogen) atoms. The van der Waals surface area contributed by atoms with Crippen LogP contribution in [-0.2, 0) is 4.74 Å². The van der Waals surface area contributed by atoms with Crippen LogP contribution in [-0.4, -0.2) is 43.3 Å². The average molecular weight is 305 g/mol. The summed E-state index contributed by atoms with van der Waals surface area (Å²) in [5, 5.41) is 2.90. The fourth-order valence-electron chi connectivity index (χ4n) is 2.44. The monoisotopic (exact) mass is 305 g/mol. The van der Waals surface area contributed by atoms with E-state index in [4.69, 9.17) is 4.74 Å². The zero-order valence-electron chi connectivity index (χ0n) is 13.2. The molecule has 1 N–H and O–H groups in total. The van der Waals surface area contributed by atoms with Gasteiger partial charge in [0.05, 0.1) is 6.54 Å². The Bertz CT molecular complexity index is 527. The Morgan fingerprint density at radius 3 is 2.64 bits per heavy atom. The SMILES string of the molecule is CCCN(CCC)C(=O)Nc1cccc(N2CCOC2=O)c1. The first-order chi connectivity index (χ1) is 10.7. The van der Waals surface area contributed by atoms with Gasteiger partial charge in [-0.2, -0.15) is 0 Å². The van der Waals surface area contributed by atoms with Crippen molar-refractivity contribution in [2.24, 2.45) is 0 Å². The van der Waals surface area contributed by atoms with Crippen molar-refractivity contribution in [2.75, 3.05) is 36.5 Å². The van der Waals surface area contributed by atoms with Crippen LogP contribution in [0.4, 0.5) is 21.0 Å². The Labute approximate surface area is 131 Å². The molecular weight excluding hydrogens is 282 g/mol. The standard InChI is InChI=1S/C16H23N3O3/c1-3-8-18(9-4-2)15(20)17-13-6-5-7-14(12-13)19-10-11-22-16(19)21/h5-7,12H,3-4,8-11H2,1-2H3,(H,17,20). The summed E-state index contributed by atoms with van der Waals surface area (Å²) < 4.78 is 4.93. The first kappa shape index (κ1) is 16.1. The lowest BCUT2D eigenvalue weighted by Gasteiger charge is -2.22. The minimum absolute atomic E-state index is 0.107. The largest absolute Gasteiger partial charge is 0.447 e. The van der Waals surface area contributed by atoms with Crippen LogP contribution >= 0.6 is 0 Å². The van der Waals surface area contributed by atoms with Gasteiger partial charge in [-0.1, -0.05) is 19.9 Å². The number of carbonyl (C=O) groups is 2. The minimum Gasteiger partial charge on any atom is -0.447 e. The quantitative estimate of drug-likeness (QED) is 0.877. The summed E-state index contributed by atoms with van der Waals surface area (Å²) in [6.07, 6.45) is 1.50. The minimum atomic E-state index is -0.345. The van der Waals surface area contributed by atoms with Crippen LogP contribution in [0.3, 0.4) is 0 Å². The Balaban J connectivity index is 2.06. The molecule has 0 spiro atoms. The number of benzene rings is 1. The van der Waals surface area contributed by atoms with Crippen LogP contribution in [0.1, 0.15) is 26.7 Å². The van der Waals surface area contributed by atoms with E-state index in [1.54, 1.807) is 15.9 Å². The topological polar surface area (TPSA) is 61.9 Å². The number of nitrogens with zero attached hydrogens (tertiary/aromatic N) is 2. The number of cyclic esters (lactones) is 1. The van der Waals surface area contributed by atoms with Crippen molar-refractivity contribution in [3.8, 4) is 0 Å². The van der Waals surface area contributed by atoms with E-state index in [9.17, 15) is 9.59 Å². The molecule has 0 unspecified atom stereocenters. The molecule has 0 bridgehead atoms. The maximum atomic E-state index is 12.3. The molecule has 1 saturated heterocycles. The molecule has 0 saturated carbocycles. The predicted molar refractivity (Wildman–Crippen MR) is 86.3 cm³/mol. The Morgan fingerprint density at radius 2 is 2.05 bits per heavy atom. The molecule has 1 aromatic carbocycles. The molecule has 1 aliphatic heterocycles. The molecule has 1 aliphatic rings. The second-order valence-electron chi connectivity index (χ2n) is 5.23. The van der Waals surface area contributed by atoms with E-state index in [0.717, 1.165) is 31.6 Å². The third kappa shape index (κ3) is 3.90. The van der Waals surface area contributed by atoms with E-state index >= 15 is 0 Å². The van der Waals surface area contributed by atoms with Gasteiger partial charge in [0.2, 0.25) is 0 Å². The van der Waals surface area contributed by atoms with E-state index < -0.39 is 0 Å². The van der Waals surface area contributed by atoms with Crippen LogP contribution in [0.15, 0.2) is 24.3 Å². The summed E-state index contributed by atoms with van der Waals surface area (Å²) in [4.78, 5) is 27.3. The molecule has 0 aliphatic carbocycles. The molecule has 1 heterocycles. The highest BCUT2D eigenvalue weighted by Crippen LogP contribution is 2.22. The number of anilines is 2. The fraction of sp³-hybridized carbons (Fsp3) is 0.500. The van der Waals surface area contributed by atoms with Gasteiger partial charge >= 0.3 is 12.1 Å². The van der Waals surface area contributed by atoms with Gasteiger partial charge < -0.3 is 15.0 Å². The number of urea groups is 1. The number of rotatable bonds is 6. The second kappa shape index (κ2) is 7.68. The smallest absolute Gasteiger partial charge is 0.414 e. The summed E-state index contributed by atoms with van der Waals surface area (Å²) in [7, 11) is 0. The van der Waals surface area contributed by atoms with Gasteiger partial charge in [-0.3, -0.25) is 4.90 Å². The van der Waals surface area contributed by atoms with Crippen molar-refractivity contribution < 1.29 is 14.3 Å². The van der Waals surface area contributed by atoms with Crippen LogP contribution in [0.2, 0.25) is 0 Å². The maximum Gasteiger partial charge on any atom is 0.414 e. The summed E-state index contributed by atoms with van der Waals surface area (Å²) in [5.74, 6) is 0. The van der Waals surface area contributed by atoms with Crippen molar-refractivity contribution in [2.45, 2.75) is 26.7 Å². The maximum absolute atomic E-state index is 12.3. The van der Waals surface area contributed by atoms with Crippen molar-refractivity contribution in [3.63, 3.8) is 0 Å². The van der Waals surface area contributed by atoms with Crippen LogP contribution in [0, 0.1) is 0 Å². The van der Waals surface area contributed by atoms with E-state index in [2.05, 4.69) is 19.2 Å². The molecule has 0 aromatic heterocycles. The van der Waals surface area contributed by atoms with E-state index in [1.165, 1.54) is 0 Å². The summed E-state index contributed by atoms with van der Waals surface area (Å²) >= 11 is 0. The van der Waals surface area contributed by atoms with Gasteiger partial charge in [0.1, 0.15) is 6.61 Å². The lowest BCUT2D eigenvalue weighted by Crippen LogP contribution is -2.36. The number of hydrogen-bond acceptors (Lipinski definition) is 3. The highest BCUT2D eigenvalue weighted by Gasteiger charge is 2.23. The third-order valence-corrected chi connectivity index (χ3v) is 3.44. The molecule has 0 atom stereocenters. The van der Waals surface area contributed by atoms with Crippen LogP contribution in [0.25, 0.3) is 0 Å². The highest BCUT2D eigenvalue weighted by molar-refractivity contribution is 5.93. The number of amides is 3. The average Bonchev–Trinajstić information content (AvgIpc) is 2.93. The Hall–Kier alpha value is -2.24. The normalized spacial score (nSPS) is 13.9. The van der Waals surface area contributed by atoms with Crippen molar-refractivity contribution in [1.82, 2.24) is 4.90 Å². The number of ether oxygens (including phenoxy) is 1. The highest BCUT2D eigenvalue weighted by atomic mass is 16.6. The summed E-state index contributed by atoms with van der Waals surface area (Å²) in [6, 6.07) is 7.16. The van der Waals surface area contributed by atoms with Crippen molar-refractivity contribution in [1.29, 1.82) is 0 Å². The van der Waals surface area contributed by atoms with E-state index in [0.29, 0.717) is 18.8 Å². The molecule has 1 fully saturated rings. The van der Waals surface area contributed by atoms with Crippen LogP contribution in [0.5, 0.6) is 0 Å². The van der Waals surface area contributed by atoms with Gasteiger partial charge in [0.15, 0.2) is 0 Å². The molecule has 0 radical (unpaired) electrons.